The third kappa shape index (κ3) is 8.51. The van der Waals surface area contributed by atoms with Crippen LogP contribution in [0.15, 0.2) is 114 Å². The Morgan fingerprint density at radius 2 is 1.40 bits per heavy atom. The monoisotopic (exact) mass is 655 g/mol. The molecule has 1 aliphatic carbocycles. The van der Waals surface area contributed by atoms with Crippen molar-refractivity contribution in [1.29, 1.82) is 0 Å². The second-order valence-electron chi connectivity index (χ2n) is 11.6. The molecule has 0 saturated heterocycles. The molecular formula is C37H41N3O6S. The summed E-state index contributed by atoms with van der Waals surface area (Å²) in [5.74, 6) is 0.336. The number of rotatable bonds is 14. The van der Waals surface area contributed by atoms with Gasteiger partial charge in [0.05, 0.1) is 24.8 Å². The van der Waals surface area contributed by atoms with Crippen molar-refractivity contribution in [3.8, 4) is 11.5 Å². The number of amides is 2. The number of hydrogen-bond acceptors (Lipinski definition) is 6. The fraction of sp³-hybridized carbons (Fsp3) is 0.297. The molecule has 5 rings (SSSR count). The zero-order chi connectivity index (χ0) is 33.2. The lowest BCUT2D eigenvalue weighted by Gasteiger charge is -2.34. The van der Waals surface area contributed by atoms with Gasteiger partial charge in [0.1, 0.15) is 24.1 Å². The van der Waals surface area contributed by atoms with Crippen molar-refractivity contribution in [3.63, 3.8) is 0 Å². The minimum absolute atomic E-state index is 0.00844. The van der Waals surface area contributed by atoms with Crippen LogP contribution in [0.5, 0.6) is 11.5 Å². The average molecular weight is 656 g/mol. The van der Waals surface area contributed by atoms with Gasteiger partial charge in [-0.1, -0.05) is 73.5 Å². The lowest BCUT2D eigenvalue weighted by Crippen LogP contribution is -2.54. The summed E-state index contributed by atoms with van der Waals surface area (Å²) < 4.78 is 40.1. The van der Waals surface area contributed by atoms with Crippen LogP contribution in [0.25, 0.3) is 0 Å². The van der Waals surface area contributed by atoms with E-state index < -0.39 is 28.5 Å². The Morgan fingerprint density at radius 1 is 0.787 bits per heavy atom. The first-order valence-corrected chi connectivity index (χ1v) is 17.2. The molecule has 1 N–H and O–H groups in total. The van der Waals surface area contributed by atoms with Crippen LogP contribution < -0.4 is 19.1 Å². The van der Waals surface area contributed by atoms with E-state index in [4.69, 9.17) is 9.47 Å². The molecular weight excluding hydrogens is 614 g/mol. The zero-order valence-corrected chi connectivity index (χ0v) is 27.6. The van der Waals surface area contributed by atoms with Crippen molar-refractivity contribution < 1.29 is 27.5 Å². The number of anilines is 1. The Hall–Kier alpha value is -4.83. The third-order valence-electron chi connectivity index (χ3n) is 8.43. The van der Waals surface area contributed by atoms with Gasteiger partial charge in [-0.2, -0.15) is 0 Å². The minimum Gasteiger partial charge on any atom is -0.497 e. The second-order valence-corrected chi connectivity index (χ2v) is 13.5. The summed E-state index contributed by atoms with van der Waals surface area (Å²) in [6, 6.07) is 30.5. The molecule has 9 nitrogen and oxygen atoms in total. The van der Waals surface area contributed by atoms with Gasteiger partial charge < -0.3 is 19.7 Å². The molecule has 1 fully saturated rings. The lowest BCUT2D eigenvalue weighted by atomic mass is 10.0. The summed E-state index contributed by atoms with van der Waals surface area (Å²) >= 11 is 0. The Morgan fingerprint density at radius 3 is 2.04 bits per heavy atom. The topological polar surface area (TPSA) is 105 Å². The van der Waals surface area contributed by atoms with Crippen LogP contribution in [0.1, 0.15) is 36.8 Å². The van der Waals surface area contributed by atoms with E-state index in [0.29, 0.717) is 17.2 Å². The molecule has 10 heteroatoms. The van der Waals surface area contributed by atoms with Gasteiger partial charge in [-0.05, 0) is 72.5 Å². The molecule has 0 spiro atoms. The van der Waals surface area contributed by atoms with Crippen molar-refractivity contribution in [2.75, 3.05) is 25.1 Å². The van der Waals surface area contributed by atoms with Crippen LogP contribution in [0.4, 0.5) is 5.69 Å². The maximum absolute atomic E-state index is 14.6. The van der Waals surface area contributed by atoms with Gasteiger partial charge in [-0.25, -0.2) is 8.42 Å². The molecule has 0 bridgehead atoms. The molecule has 1 atom stereocenters. The summed E-state index contributed by atoms with van der Waals surface area (Å²) in [7, 11) is -1.13. The van der Waals surface area contributed by atoms with Crippen molar-refractivity contribution >= 4 is 27.5 Å². The van der Waals surface area contributed by atoms with E-state index >= 15 is 0 Å². The number of para-hydroxylation sites is 1. The summed E-state index contributed by atoms with van der Waals surface area (Å²) in [6.07, 6.45) is 4.10. The van der Waals surface area contributed by atoms with E-state index in [-0.39, 0.29) is 29.8 Å². The van der Waals surface area contributed by atoms with Crippen molar-refractivity contribution in [1.82, 2.24) is 10.2 Å². The molecule has 4 aromatic carbocycles. The number of sulfonamides is 1. The van der Waals surface area contributed by atoms with Crippen LogP contribution in [0, 0.1) is 0 Å². The lowest BCUT2D eigenvalue weighted by molar-refractivity contribution is -0.140. The summed E-state index contributed by atoms with van der Waals surface area (Å²) in [6.45, 7) is -0.457. The van der Waals surface area contributed by atoms with E-state index in [9.17, 15) is 18.0 Å². The van der Waals surface area contributed by atoms with Crippen LogP contribution in [0.3, 0.4) is 0 Å². The van der Waals surface area contributed by atoms with Gasteiger partial charge in [0.15, 0.2) is 0 Å². The molecule has 0 aromatic heterocycles. The number of carbonyl (C=O) groups is 2. The number of benzene rings is 4. The predicted octanol–water partition coefficient (Wildman–Crippen LogP) is 5.60. The molecule has 47 heavy (non-hydrogen) atoms. The second kappa shape index (κ2) is 15.6. The molecule has 4 aromatic rings. The molecule has 0 aliphatic heterocycles. The van der Waals surface area contributed by atoms with Gasteiger partial charge in [0, 0.05) is 19.0 Å². The molecule has 0 heterocycles. The first-order chi connectivity index (χ1) is 22.8. The van der Waals surface area contributed by atoms with E-state index in [1.807, 2.05) is 54.6 Å². The smallest absolute Gasteiger partial charge is 0.264 e. The molecule has 2 amide bonds. The van der Waals surface area contributed by atoms with E-state index in [0.717, 1.165) is 41.1 Å². The normalized spacial score (nSPS) is 13.8. The Kier molecular flexibility index (Phi) is 11.2. The first-order valence-electron chi connectivity index (χ1n) is 15.8. The van der Waals surface area contributed by atoms with E-state index in [2.05, 4.69) is 5.32 Å². The minimum atomic E-state index is -4.20. The Bertz CT molecular complexity index is 1730. The summed E-state index contributed by atoms with van der Waals surface area (Å²) in [5, 5.41) is 3.19. The van der Waals surface area contributed by atoms with E-state index in [1.54, 1.807) is 49.6 Å². The Labute approximate surface area is 277 Å². The number of nitrogens with zero attached hydrogens (tertiary/aromatic N) is 2. The van der Waals surface area contributed by atoms with Crippen LogP contribution in [-0.4, -0.2) is 58.0 Å². The number of nitrogens with one attached hydrogen (secondary N) is 1. The third-order valence-corrected chi connectivity index (χ3v) is 10.2. The predicted molar refractivity (Wildman–Crippen MR) is 182 cm³/mol. The summed E-state index contributed by atoms with van der Waals surface area (Å²) in [5.41, 5.74) is 1.95. The highest BCUT2D eigenvalue weighted by Gasteiger charge is 2.35. The van der Waals surface area contributed by atoms with Gasteiger partial charge in [0.25, 0.3) is 10.0 Å². The zero-order valence-electron chi connectivity index (χ0n) is 26.7. The highest BCUT2D eigenvalue weighted by molar-refractivity contribution is 7.92. The quantitative estimate of drug-likeness (QED) is 0.190. The average Bonchev–Trinajstić information content (AvgIpc) is 3.62. The van der Waals surface area contributed by atoms with Crippen LogP contribution in [-0.2, 0) is 32.6 Å². The fourth-order valence-electron chi connectivity index (χ4n) is 5.89. The molecule has 1 saturated carbocycles. The highest BCUT2D eigenvalue weighted by atomic mass is 32.2. The largest absolute Gasteiger partial charge is 0.497 e. The molecule has 0 unspecified atom stereocenters. The number of hydrogen-bond donors (Lipinski definition) is 1. The SMILES string of the molecule is COc1ccc(S(=O)(=O)N(CC(=O)N(Cc2cccc(OC)c2)[C@@H](Cc2ccccc2)C(=O)NC2CCCC2)c2ccccc2)cc1. The molecule has 1 aliphatic rings. The van der Waals surface area contributed by atoms with Crippen molar-refractivity contribution in [3.05, 3.63) is 120 Å². The highest BCUT2D eigenvalue weighted by Crippen LogP contribution is 2.27. The summed E-state index contributed by atoms with van der Waals surface area (Å²) in [4.78, 5) is 30.3. The van der Waals surface area contributed by atoms with E-state index in [1.165, 1.54) is 24.1 Å². The van der Waals surface area contributed by atoms with Gasteiger partial charge in [-0.15, -0.1) is 0 Å². The van der Waals surface area contributed by atoms with Crippen LogP contribution in [0.2, 0.25) is 0 Å². The van der Waals surface area contributed by atoms with Crippen molar-refractivity contribution in [2.45, 2.75) is 55.6 Å². The number of methoxy groups -OCH3 is 2. The number of ether oxygens (including phenoxy) is 2. The fourth-order valence-corrected chi connectivity index (χ4v) is 7.30. The van der Waals surface area contributed by atoms with Crippen molar-refractivity contribution in [2.24, 2.45) is 0 Å². The van der Waals surface area contributed by atoms with Crippen LogP contribution >= 0.6 is 0 Å². The van der Waals surface area contributed by atoms with Gasteiger partial charge >= 0.3 is 0 Å². The number of carbonyl (C=O) groups excluding carboxylic acids is 2. The molecule has 0 radical (unpaired) electrons. The van der Waals surface area contributed by atoms with Gasteiger partial charge in [-0.3, -0.25) is 13.9 Å². The maximum Gasteiger partial charge on any atom is 0.264 e. The first kappa shape index (κ1) is 33.5. The molecule has 246 valence electrons. The maximum atomic E-state index is 14.6. The Balaban J connectivity index is 1.55. The standard InChI is InChI=1S/C37H41N3O6S/c1-45-32-20-22-34(23-21-32)47(43,44)40(31-17-7-4-8-18-31)27-36(41)39(26-29-14-11-19-33(24-29)46-2)35(25-28-12-5-3-6-13-28)37(42)38-30-15-9-10-16-30/h3-8,11-14,17-24,30,35H,9-10,15-16,25-27H2,1-2H3,(H,38,42)/t35-/m0/s1. The van der Waals surface area contributed by atoms with Gasteiger partial charge in [0.2, 0.25) is 11.8 Å².